The number of carbonyl (C=O) groups is 3. The molecule has 0 bridgehead atoms. The topological polar surface area (TPSA) is 107 Å². The predicted octanol–water partition coefficient (Wildman–Crippen LogP) is 4.12. The van der Waals surface area contributed by atoms with Crippen LogP contribution in [0, 0.1) is 0 Å². The van der Waals surface area contributed by atoms with E-state index in [-0.39, 0.29) is 24.2 Å². The number of aromatic nitrogens is 1. The van der Waals surface area contributed by atoms with Crippen molar-refractivity contribution < 1.29 is 23.9 Å². The molecule has 0 aliphatic heterocycles. The summed E-state index contributed by atoms with van der Waals surface area (Å²) >= 11 is 0. The van der Waals surface area contributed by atoms with Gasteiger partial charge in [0.15, 0.2) is 0 Å². The van der Waals surface area contributed by atoms with Gasteiger partial charge in [-0.15, -0.1) is 0 Å². The van der Waals surface area contributed by atoms with Crippen LogP contribution in [0.3, 0.4) is 0 Å². The summed E-state index contributed by atoms with van der Waals surface area (Å²) in [5.74, 6) is -0.472. The lowest BCUT2D eigenvalue weighted by Gasteiger charge is -2.12. The average Bonchev–Trinajstić information content (AvgIpc) is 2.76. The van der Waals surface area contributed by atoms with Gasteiger partial charge in [-0.05, 0) is 55.5 Å². The number of anilines is 2. The first kappa shape index (κ1) is 20.5. The maximum Gasteiger partial charge on any atom is 0.513 e. The van der Waals surface area contributed by atoms with Crippen LogP contribution in [0.1, 0.15) is 27.6 Å². The number of carbonyl (C=O) groups excluding carboxylic acids is 3. The summed E-state index contributed by atoms with van der Waals surface area (Å²) < 4.78 is 9.67. The fourth-order valence-corrected chi connectivity index (χ4v) is 2.51. The smallest absolute Gasteiger partial charge is 0.434 e. The predicted molar refractivity (Wildman–Crippen MR) is 111 cm³/mol. The van der Waals surface area contributed by atoms with E-state index in [2.05, 4.69) is 15.6 Å². The van der Waals surface area contributed by atoms with Crippen molar-refractivity contribution in [1.29, 1.82) is 0 Å². The fourth-order valence-electron chi connectivity index (χ4n) is 2.51. The molecular formula is C22H19N3O5. The molecule has 3 rings (SSSR count). The minimum absolute atomic E-state index is 0.204. The highest BCUT2D eigenvalue weighted by Gasteiger charge is 2.13. The first-order valence-electron chi connectivity index (χ1n) is 9.13. The van der Waals surface area contributed by atoms with Crippen molar-refractivity contribution in [2.45, 2.75) is 6.92 Å². The van der Waals surface area contributed by atoms with Crippen LogP contribution in [0.25, 0.3) is 0 Å². The lowest BCUT2D eigenvalue weighted by atomic mass is 10.2. The summed E-state index contributed by atoms with van der Waals surface area (Å²) in [5, 5.41) is 5.52. The lowest BCUT2D eigenvalue weighted by Crippen LogP contribution is -2.17. The molecule has 0 saturated heterocycles. The first-order valence-corrected chi connectivity index (χ1v) is 9.13. The number of ether oxygens (including phenoxy) is 2. The Morgan fingerprint density at radius 3 is 2.03 bits per heavy atom. The minimum Gasteiger partial charge on any atom is -0.434 e. The number of nitrogens with one attached hydrogen (secondary N) is 2. The molecule has 3 aromatic rings. The Labute approximate surface area is 172 Å². The molecule has 0 aliphatic carbocycles. The van der Waals surface area contributed by atoms with E-state index in [9.17, 15) is 14.4 Å². The molecule has 8 nitrogen and oxygen atoms in total. The molecule has 8 heteroatoms. The zero-order valence-electron chi connectivity index (χ0n) is 16.1. The largest absolute Gasteiger partial charge is 0.513 e. The van der Waals surface area contributed by atoms with Gasteiger partial charge in [0.2, 0.25) is 0 Å². The number of rotatable bonds is 6. The average molecular weight is 405 g/mol. The van der Waals surface area contributed by atoms with Gasteiger partial charge in [0.1, 0.15) is 5.75 Å². The van der Waals surface area contributed by atoms with Crippen LogP contribution in [0.5, 0.6) is 5.75 Å². The van der Waals surface area contributed by atoms with Gasteiger partial charge in [-0.2, -0.15) is 0 Å². The van der Waals surface area contributed by atoms with E-state index in [1.807, 2.05) is 0 Å². The third kappa shape index (κ3) is 5.41. The maximum absolute atomic E-state index is 12.6. The van der Waals surface area contributed by atoms with Crippen LogP contribution in [0.2, 0.25) is 0 Å². The highest BCUT2D eigenvalue weighted by atomic mass is 16.7. The van der Waals surface area contributed by atoms with Gasteiger partial charge in [-0.3, -0.25) is 14.6 Å². The second kappa shape index (κ2) is 9.83. The first-order chi connectivity index (χ1) is 14.6. The van der Waals surface area contributed by atoms with Crippen LogP contribution < -0.4 is 15.4 Å². The second-order valence-corrected chi connectivity index (χ2v) is 6.00. The van der Waals surface area contributed by atoms with E-state index in [0.29, 0.717) is 22.5 Å². The Morgan fingerprint density at radius 1 is 0.833 bits per heavy atom. The lowest BCUT2D eigenvalue weighted by molar-refractivity contribution is 0.101. The number of hydrogen-bond donors (Lipinski definition) is 2. The Morgan fingerprint density at radius 2 is 1.47 bits per heavy atom. The second-order valence-electron chi connectivity index (χ2n) is 6.00. The highest BCUT2D eigenvalue weighted by molar-refractivity contribution is 6.09. The van der Waals surface area contributed by atoms with E-state index in [1.54, 1.807) is 49.5 Å². The summed E-state index contributed by atoms with van der Waals surface area (Å²) in [6, 6.07) is 16.2. The van der Waals surface area contributed by atoms with Gasteiger partial charge >= 0.3 is 6.16 Å². The molecule has 1 aromatic heterocycles. The molecule has 0 unspecified atom stereocenters. The molecular weight excluding hydrogens is 386 g/mol. The van der Waals surface area contributed by atoms with Gasteiger partial charge in [0.05, 0.1) is 23.5 Å². The summed E-state index contributed by atoms with van der Waals surface area (Å²) in [6.45, 7) is 1.88. The molecule has 2 amide bonds. The van der Waals surface area contributed by atoms with E-state index in [4.69, 9.17) is 9.47 Å². The van der Waals surface area contributed by atoms with Crippen LogP contribution in [0.15, 0.2) is 73.1 Å². The minimum atomic E-state index is -0.812. The number of pyridine rings is 1. The molecule has 1 heterocycles. The van der Waals surface area contributed by atoms with Crippen LogP contribution in [0.4, 0.5) is 16.2 Å². The zero-order valence-corrected chi connectivity index (χ0v) is 16.1. The number of hydrogen-bond acceptors (Lipinski definition) is 6. The van der Waals surface area contributed by atoms with E-state index in [1.165, 1.54) is 30.5 Å². The molecule has 152 valence electrons. The van der Waals surface area contributed by atoms with E-state index in [0.717, 1.165) is 0 Å². The molecule has 0 radical (unpaired) electrons. The Bertz CT molecular complexity index is 1040. The molecule has 0 aliphatic rings. The van der Waals surface area contributed by atoms with Gasteiger partial charge < -0.3 is 20.1 Å². The molecule has 0 fully saturated rings. The van der Waals surface area contributed by atoms with Gasteiger partial charge in [-0.1, -0.05) is 12.1 Å². The van der Waals surface area contributed by atoms with Gasteiger partial charge in [-0.25, -0.2) is 4.79 Å². The third-order valence-electron chi connectivity index (χ3n) is 3.93. The van der Waals surface area contributed by atoms with Crippen LogP contribution >= 0.6 is 0 Å². The molecule has 2 N–H and O–H groups in total. The normalized spacial score (nSPS) is 10.0. The van der Waals surface area contributed by atoms with Crippen molar-refractivity contribution in [3.05, 3.63) is 84.2 Å². The molecule has 0 spiro atoms. The van der Waals surface area contributed by atoms with Crippen LogP contribution in [-0.2, 0) is 4.74 Å². The number of benzene rings is 2. The van der Waals surface area contributed by atoms with Crippen molar-refractivity contribution in [2.75, 3.05) is 17.2 Å². The molecule has 0 atom stereocenters. The van der Waals surface area contributed by atoms with Crippen molar-refractivity contribution >= 4 is 29.3 Å². The number of nitrogens with zero attached hydrogens (tertiary/aromatic N) is 1. The van der Waals surface area contributed by atoms with E-state index < -0.39 is 6.16 Å². The van der Waals surface area contributed by atoms with Crippen molar-refractivity contribution in [3.63, 3.8) is 0 Å². The van der Waals surface area contributed by atoms with Crippen molar-refractivity contribution in [2.24, 2.45) is 0 Å². The summed E-state index contributed by atoms with van der Waals surface area (Å²) in [4.78, 5) is 40.2. The van der Waals surface area contributed by atoms with Gasteiger partial charge in [0.25, 0.3) is 11.8 Å². The quantitative estimate of drug-likeness (QED) is 0.472. The maximum atomic E-state index is 12.6. The monoisotopic (exact) mass is 405 g/mol. The van der Waals surface area contributed by atoms with Crippen molar-refractivity contribution in [1.82, 2.24) is 4.98 Å². The number of para-hydroxylation sites is 2. The molecule has 30 heavy (non-hydrogen) atoms. The Balaban J connectivity index is 1.68. The zero-order chi connectivity index (χ0) is 21.3. The molecule has 2 aromatic carbocycles. The standard InChI is InChI=1S/C22H19N3O5/c1-2-29-22(28)30-17-11-9-15(10-12-17)20(26)24-18-7-3-4-8-19(18)25-21(27)16-6-5-13-23-14-16/h3-14H,2H2,1H3,(H,24,26)(H,25,27). The van der Waals surface area contributed by atoms with Crippen molar-refractivity contribution in [3.8, 4) is 5.75 Å². The third-order valence-corrected chi connectivity index (χ3v) is 3.93. The fraction of sp³-hybridized carbons (Fsp3) is 0.0909. The summed E-state index contributed by atoms with van der Waals surface area (Å²) in [6.07, 6.45) is 2.22. The highest BCUT2D eigenvalue weighted by Crippen LogP contribution is 2.23. The Kier molecular flexibility index (Phi) is 6.73. The SMILES string of the molecule is CCOC(=O)Oc1ccc(C(=O)Nc2ccccc2NC(=O)c2cccnc2)cc1. The Hall–Kier alpha value is -4.20. The number of amides is 2. The van der Waals surface area contributed by atoms with E-state index >= 15 is 0 Å². The molecule has 0 saturated carbocycles. The summed E-state index contributed by atoms with van der Waals surface area (Å²) in [7, 11) is 0. The summed E-state index contributed by atoms with van der Waals surface area (Å²) in [5.41, 5.74) is 1.63. The van der Waals surface area contributed by atoms with Crippen LogP contribution in [-0.4, -0.2) is 29.6 Å². The van der Waals surface area contributed by atoms with Gasteiger partial charge in [0, 0.05) is 18.0 Å².